The molecule has 4 aliphatic rings. The second kappa shape index (κ2) is 7.34. The van der Waals surface area contributed by atoms with Gasteiger partial charge in [-0.25, -0.2) is 0 Å². The number of nitrogens with zero attached hydrogens (tertiary/aromatic N) is 3. The third kappa shape index (κ3) is 3.56. The van der Waals surface area contributed by atoms with Crippen molar-refractivity contribution >= 4 is 17.6 Å². The Morgan fingerprint density at radius 3 is 3.00 bits per heavy atom. The zero-order valence-electron chi connectivity index (χ0n) is 14.5. The van der Waals surface area contributed by atoms with Crippen LogP contribution in [0.1, 0.15) is 64.2 Å². The van der Waals surface area contributed by atoms with Crippen LogP contribution in [0.15, 0.2) is 15.1 Å². The smallest absolute Gasteiger partial charge is 0.0790 e. The van der Waals surface area contributed by atoms with Gasteiger partial charge in [-0.15, -0.1) is 0 Å². The molecule has 0 spiro atoms. The normalized spacial score (nSPS) is 39.6. The number of hydrogen-bond acceptors (Lipinski definition) is 5. The fourth-order valence-electron chi connectivity index (χ4n) is 4.92. The van der Waals surface area contributed by atoms with Crippen LogP contribution >= 0.6 is 0 Å². The lowest BCUT2D eigenvalue weighted by molar-refractivity contribution is 0.0721. The number of aliphatic hydroxyl groups is 1. The number of rotatable bonds is 3. The van der Waals surface area contributed by atoms with Crippen LogP contribution in [-0.2, 0) is 0 Å². The van der Waals surface area contributed by atoms with Crippen LogP contribution in [0.5, 0.6) is 0 Å². The fraction of sp³-hybridized carbons (Fsp3) is 0.842. The summed E-state index contributed by atoms with van der Waals surface area (Å²) in [5.74, 6) is 1.33. The van der Waals surface area contributed by atoms with Crippen LogP contribution in [0.4, 0.5) is 0 Å². The summed E-state index contributed by atoms with van der Waals surface area (Å²) in [5.41, 5.74) is 5.80. The Morgan fingerprint density at radius 2 is 2.04 bits per heavy atom. The van der Waals surface area contributed by atoms with E-state index >= 15 is 0 Å². The standard InChI is InChI=1S/C19H30N4O/c24-18-5-1-3-14-7-9-16(22-19(14)18)12-21-23-15-8-6-13-4-2-10-20-17(13)11-15/h12-15,18-19,23-24H,1-11H2/b21-12-. The first-order valence-electron chi connectivity index (χ1n) is 9.86. The van der Waals surface area contributed by atoms with Crippen LogP contribution in [-0.4, -0.2) is 47.5 Å². The van der Waals surface area contributed by atoms with Crippen molar-refractivity contribution in [2.75, 3.05) is 6.54 Å². The summed E-state index contributed by atoms with van der Waals surface area (Å²) in [4.78, 5) is 9.51. The highest BCUT2D eigenvalue weighted by Crippen LogP contribution is 2.33. The second-order valence-corrected chi connectivity index (χ2v) is 7.99. The van der Waals surface area contributed by atoms with Gasteiger partial charge in [-0.2, -0.15) is 5.10 Å². The maximum atomic E-state index is 10.2. The Balaban J connectivity index is 1.32. The van der Waals surface area contributed by atoms with Crippen molar-refractivity contribution in [1.29, 1.82) is 0 Å². The molecule has 0 radical (unpaired) electrons. The third-order valence-corrected chi connectivity index (χ3v) is 6.32. The molecule has 0 aromatic carbocycles. The molecule has 2 saturated carbocycles. The molecule has 2 fully saturated rings. The number of hydrogen-bond donors (Lipinski definition) is 2. The van der Waals surface area contributed by atoms with E-state index in [2.05, 4.69) is 10.5 Å². The van der Waals surface area contributed by atoms with Crippen LogP contribution in [0, 0.1) is 11.8 Å². The molecule has 0 amide bonds. The monoisotopic (exact) mass is 330 g/mol. The van der Waals surface area contributed by atoms with E-state index < -0.39 is 0 Å². The van der Waals surface area contributed by atoms with Crippen molar-refractivity contribution in [2.45, 2.75) is 82.4 Å². The average Bonchev–Trinajstić information content (AvgIpc) is 2.62. The second-order valence-electron chi connectivity index (χ2n) is 7.99. The van der Waals surface area contributed by atoms with Crippen LogP contribution in [0.2, 0.25) is 0 Å². The largest absolute Gasteiger partial charge is 0.391 e. The maximum Gasteiger partial charge on any atom is 0.0790 e. The molecule has 2 aliphatic heterocycles. The lowest BCUT2D eigenvalue weighted by Crippen LogP contribution is -2.40. The predicted molar refractivity (Wildman–Crippen MR) is 98.1 cm³/mol. The Kier molecular flexibility index (Phi) is 4.97. The molecule has 2 N–H and O–H groups in total. The zero-order valence-corrected chi connectivity index (χ0v) is 14.5. The molecular formula is C19H30N4O. The Bertz CT molecular complexity index is 541. The van der Waals surface area contributed by atoms with E-state index in [-0.39, 0.29) is 12.1 Å². The highest BCUT2D eigenvalue weighted by Gasteiger charge is 2.34. The van der Waals surface area contributed by atoms with Crippen LogP contribution in [0.3, 0.4) is 0 Å². The van der Waals surface area contributed by atoms with Gasteiger partial charge in [-0.05, 0) is 63.2 Å². The molecule has 5 nitrogen and oxygen atoms in total. The molecule has 24 heavy (non-hydrogen) atoms. The molecule has 2 heterocycles. The van der Waals surface area contributed by atoms with Gasteiger partial charge < -0.3 is 10.5 Å². The van der Waals surface area contributed by atoms with E-state index in [4.69, 9.17) is 9.98 Å². The molecule has 5 atom stereocenters. The van der Waals surface area contributed by atoms with Crippen molar-refractivity contribution in [2.24, 2.45) is 26.9 Å². The number of fused-ring (bicyclic) bond motifs is 2. The molecule has 5 heteroatoms. The summed E-state index contributed by atoms with van der Waals surface area (Å²) in [6, 6.07) is 0.535. The minimum Gasteiger partial charge on any atom is -0.391 e. The summed E-state index contributed by atoms with van der Waals surface area (Å²) in [6.45, 7) is 1.02. The van der Waals surface area contributed by atoms with E-state index in [1.54, 1.807) is 0 Å². The summed E-state index contributed by atoms with van der Waals surface area (Å²) >= 11 is 0. The molecule has 0 bridgehead atoms. The molecule has 4 rings (SSSR count). The zero-order chi connectivity index (χ0) is 16.4. The van der Waals surface area contributed by atoms with Gasteiger partial charge in [0.25, 0.3) is 0 Å². The minimum absolute atomic E-state index is 0.112. The van der Waals surface area contributed by atoms with Crippen molar-refractivity contribution in [3.63, 3.8) is 0 Å². The Labute approximate surface area is 144 Å². The average molecular weight is 330 g/mol. The van der Waals surface area contributed by atoms with Gasteiger partial charge in [0.2, 0.25) is 0 Å². The van der Waals surface area contributed by atoms with Gasteiger partial charge >= 0.3 is 0 Å². The molecule has 0 aromatic heterocycles. The molecule has 0 saturated heterocycles. The van der Waals surface area contributed by atoms with Gasteiger partial charge in [0.05, 0.1) is 24.1 Å². The Morgan fingerprint density at radius 1 is 1.08 bits per heavy atom. The molecule has 0 aromatic rings. The molecule has 5 unspecified atom stereocenters. The quantitative estimate of drug-likeness (QED) is 0.617. The molecule has 2 aliphatic carbocycles. The minimum atomic E-state index is -0.250. The number of nitrogens with one attached hydrogen (secondary N) is 1. The van der Waals surface area contributed by atoms with E-state index in [1.807, 2.05) is 6.21 Å². The topological polar surface area (TPSA) is 69.3 Å². The maximum absolute atomic E-state index is 10.2. The number of aliphatic imine (C=N–C) groups is 2. The first kappa shape index (κ1) is 16.2. The van der Waals surface area contributed by atoms with Gasteiger partial charge in [-0.1, -0.05) is 6.42 Å². The van der Waals surface area contributed by atoms with E-state index in [1.165, 1.54) is 37.8 Å². The fourth-order valence-corrected chi connectivity index (χ4v) is 4.92. The molecule has 132 valence electrons. The van der Waals surface area contributed by atoms with E-state index in [9.17, 15) is 5.11 Å². The lowest BCUT2D eigenvalue weighted by atomic mass is 9.78. The summed E-state index contributed by atoms with van der Waals surface area (Å²) in [6.07, 6.45) is 13.2. The molecular weight excluding hydrogens is 300 g/mol. The summed E-state index contributed by atoms with van der Waals surface area (Å²) < 4.78 is 0. The third-order valence-electron chi connectivity index (χ3n) is 6.32. The van der Waals surface area contributed by atoms with Gasteiger partial charge in [0, 0.05) is 24.7 Å². The highest BCUT2D eigenvalue weighted by molar-refractivity contribution is 6.30. The summed E-state index contributed by atoms with van der Waals surface area (Å²) in [5, 5.41) is 14.7. The van der Waals surface area contributed by atoms with Crippen molar-refractivity contribution < 1.29 is 5.11 Å². The van der Waals surface area contributed by atoms with Crippen LogP contribution in [0.25, 0.3) is 0 Å². The van der Waals surface area contributed by atoms with Crippen LogP contribution < -0.4 is 5.43 Å². The van der Waals surface area contributed by atoms with Crippen molar-refractivity contribution in [1.82, 2.24) is 5.43 Å². The van der Waals surface area contributed by atoms with Gasteiger partial charge in [0.15, 0.2) is 0 Å². The van der Waals surface area contributed by atoms with Gasteiger partial charge in [-0.3, -0.25) is 9.98 Å². The van der Waals surface area contributed by atoms with Crippen molar-refractivity contribution in [3.8, 4) is 0 Å². The van der Waals surface area contributed by atoms with E-state index in [0.29, 0.717) is 12.0 Å². The number of aliphatic hydroxyl groups excluding tert-OH is 1. The lowest BCUT2D eigenvalue weighted by Gasteiger charge is -2.36. The van der Waals surface area contributed by atoms with Crippen molar-refractivity contribution in [3.05, 3.63) is 0 Å². The first-order chi connectivity index (χ1) is 11.8. The van der Waals surface area contributed by atoms with Gasteiger partial charge in [0.1, 0.15) is 0 Å². The van der Waals surface area contributed by atoms with E-state index in [0.717, 1.165) is 50.3 Å². The first-order valence-corrected chi connectivity index (χ1v) is 9.86. The highest BCUT2D eigenvalue weighted by atomic mass is 16.3. The predicted octanol–water partition coefficient (Wildman–Crippen LogP) is 2.73. The number of hydrazone groups is 1. The summed E-state index contributed by atoms with van der Waals surface area (Å²) in [7, 11) is 0. The SMILES string of the molecule is OC1CCCC2CCC(/C=N\NC3CCC4CCCN=C4C3)=NC12. The Hall–Kier alpha value is -1.23.